The molecule has 0 spiro atoms. The van der Waals surface area contributed by atoms with Crippen LogP contribution in [-0.4, -0.2) is 35.7 Å². The molecule has 2 aromatic rings. The summed E-state index contributed by atoms with van der Waals surface area (Å²) in [4.78, 5) is 28.0. The molecule has 0 amide bonds. The van der Waals surface area contributed by atoms with Crippen molar-refractivity contribution < 1.29 is 14.8 Å². The molecule has 9 nitrogen and oxygen atoms in total. The second kappa shape index (κ2) is 4.20. The fraction of sp³-hybridized carbons (Fsp3) is 0.111. The summed E-state index contributed by atoms with van der Waals surface area (Å²) < 4.78 is 1.04. The highest BCUT2D eigenvalue weighted by Crippen LogP contribution is 2.15. The summed E-state index contributed by atoms with van der Waals surface area (Å²) in [5.41, 5.74) is 0.629. The Kier molecular flexibility index (Phi) is 2.72. The van der Waals surface area contributed by atoms with Gasteiger partial charge in [0, 0.05) is 17.0 Å². The molecular weight excluding hydrogens is 242 g/mol. The van der Waals surface area contributed by atoms with Crippen LogP contribution in [0.15, 0.2) is 18.6 Å². The summed E-state index contributed by atoms with van der Waals surface area (Å²) >= 11 is 0. The topological polar surface area (TPSA) is 124 Å². The molecule has 0 atom stereocenters. The zero-order valence-electron chi connectivity index (χ0n) is 9.14. The third kappa shape index (κ3) is 2.00. The summed E-state index contributed by atoms with van der Waals surface area (Å²) in [7, 11) is 0. The Labute approximate surface area is 99.9 Å². The average molecular weight is 249 g/mol. The first kappa shape index (κ1) is 11.6. The SMILES string of the molecule is Cc1cc(-n2cnc([N+](=O)[O-])n2)c(C(=O)O)cn1. The van der Waals surface area contributed by atoms with Gasteiger partial charge in [0.05, 0.1) is 0 Å². The van der Waals surface area contributed by atoms with Crippen LogP contribution >= 0.6 is 0 Å². The zero-order chi connectivity index (χ0) is 13.3. The van der Waals surface area contributed by atoms with E-state index < -0.39 is 16.8 Å². The van der Waals surface area contributed by atoms with Gasteiger partial charge in [0.2, 0.25) is 6.33 Å². The standard InChI is InChI=1S/C9H7N5O4/c1-5-2-7(6(3-10-5)8(15)16)13-4-11-9(12-13)14(17)18/h2-4H,1H3,(H,15,16). The second-order valence-corrected chi connectivity index (χ2v) is 3.39. The van der Waals surface area contributed by atoms with Crippen LogP contribution in [0.3, 0.4) is 0 Å². The van der Waals surface area contributed by atoms with Gasteiger partial charge in [-0.1, -0.05) is 4.98 Å². The number of carbonyl (C=O) groups is 1. The Balaban J connectivity index is 2.57. The molecule has 2 aromatic heterocycles. The van der Waals surface area contributed by atoms with Crippen LogP contribution in [0.1, 0.15) is 16.1 Å². The Morgan fingerprint density at radius 3 is 2.78 bits per heavy atom. The molecule has 0 aliphatic rings. The third-order valence-electron chi connectivity index (χ3n) is 2.14. The predicted molar refractivity (Wildman–Crippen MR) is 57.5 cm³/mol. The van der Waals surface area contributed by atoms with Crippen molar-refractivity contribution in [1.29, 1.82) is 0 Å². The van der Waals surface area contributed by atoms with Crippen LogP contribution in [0.5, 0.6) is 0 Å². The highest BCUT2D eigenvalue weighted by molar-refractivity contribution is 5.91. The quantitative estimate of drug-likeness (QED) is 0.622. The number of aromatic carboxylic acids is 1. The van der Waals surface area contributed by atoms with Crippen molar-refractivity contribution >= 4 is 11.9 Å². The monoisotopic (exact) mass is 249 g/mol. The molecule has 0 aliphatic heterocycles. The Hall–Kier alpha value is -2.84. The highest BCUT2D eigenvalue weighted by atomic mass is 16.6. The van der Waals surface area contributed by atoms with Gasteiger partial charge in [-0.2, -0.15) is 0 Å². The fourth-order valence-corrected chi connectivity index (χ4v) is 1.35. The minimum absolute atomic E-state index is 0.111. The number of pyridine rings is 1. The molecule has 0 saturated carbocycles. The van der Waals surface area contributed by atoms with Gasteiger partial charge in [0.1, 0.15) is 11.3 Å². The normalized spacial score (nSPS) is 10.3. The molecule has 9 heteroatoms. The first-order chi connectivity index (χ1) is 8.49. The van der Waals surface area contributed by atoms with Crippen LogP contribution in [0.2, 0.25) is 0 Å². The fourth-order valence-electron chi connectivity index (χ4n) is 1.35. The number of carboxylic acids is 1. The van der Waals surface area contributed by atoms with Crippen molar-refractivity contribution in [1.82, 2.24) is 19.7 Å². The predicted octanol–water partition coefficient (Wildman–Crippen LogP) is 0.577. The minimum Gasteiger partial charge on any atom is -0.478 e. The molecular formula is C9H7N5O4. The van der Waals surface area contributed by atoms with E-state index in [0.29, 0.717) is 5.69 Å². The molecule has 0 unspecified atom stereocenters. The van der Waals surface area contributed by atoms with Crippen molar-refractivity contribution in [3.05, 3.63) is 40.0 Å². The number of hydrogen-bond acceptors (Lipinski definition) is 6. The van der Waals surface area contributed by atoms with Crippen LogP contribution < -0.4 is 0 Å². The van der Waals surface area contributed by atoms with Gasteiger partial charge >= 0.3 is 11.9 Å². The molecule has 0 radical (unpaired) electrons. The molecule has 18 heavy (non-hydrogen) atoms. The largest absolute Gasteiger partial charge is 0.491 e. The first-order valence-electron chi connectivity index (χ1n) is 4.75. The summed E-state index contributed by atoms with van der Waals surface area (Å²) in [6.07, 6.45) is 2.25. The number of aromatic nitrogens is 4. The van der Waals surface area contributed by atoms with E-state index in [1.165, 1.54) is 12.3 Å². The van der Waals surface area contributed by atoms with E-state index >= 15 is 0 Å². The molecule has 0 saturated heterocycles. The van der Waals surface area contributed by atoms with Crippen molar-refractivity contribution in [3.8, 4) is 5.69 Å². The zero-order valence-corrected chi connectivity index (χ0v) is 9.14. The molecule has 0 fully saturated rings. The maximum atomic E-state index is 11.0. The van der Waals surface area contributed by atoms with E-state index in [0.717, 1.165) is 11.0 Å². The van der Waals surface area contributed by atoms with Crippen molar-refractivity contribution in [3.63, 3.8) is 0 Å². The van der Waals surface area contributed by atoms with Crippen molar-refractivity contribution in [2.75, 3.05) is 0 Å². The van der Waals surface area contributed by atoms with Crippen molar-refractivity contribution in [2.45, 2.75) is 6.92 Å². The molecule has 2 heterocycles. The molecule has 92 valence electrons. The van der Waals surface area contributed by atoms with Crippen molar-refractivity contribution in [2.24, 2.45) is 0 Å². The van der Waals surface area contributed by atoms with E-state index in [9.17, 15) is 14.9 Å². The lowest BCUT2D eigenvalue weighted by Gasteiger charge is -2.02. The third-order valence-corrected chi connectivity index (χ3v) is 2.14. The van der Waals surface area contributed by atoms with E-state index in [1.807, 2.05) is 0 Å². The number of nitrogens with zero attached hydrogens (tertiary/aromatic N) is 5. The molecule has 1 N–H and O–H groups in total. The number of hydrogen-bond donors (Lipinski definition) is 1. The Morgan fingerprint density at radius 1 is 1.50 bits per heavy atom. The lowest BCUT2D eigenvalue weighted by Crippen LogP contribution is -2.07. The lowest BCUT2D eigenvalue weighted by molar-refractivity contribution is -0.394. The van der Waals surface area contributed by atoms with E-state index in [1.54, 1.807) is 6.92 Å². The van der Waals surface area contributed by atoms with Gasteiger partial charge in [-0.25, -0.2) is 4.79 Å². The van der Waals surface area contributed by atoms with Crippen LogP contribution in [0.25, 0.3) is 5.69 Å². The van der Waals surface area contributed by atoms with E-state index in [2.05, 4.69) is 15.1 Å². The van der Waals surface area contributed by atoms with Gasteiger partial charge in [-0.05, 0) is 17.9 Å². The number of aryl methyl sites for hydroxylation is 1. The molecule has 2 rings (SSSR count). The maximum absolute atomic E-state index is 11.0. The minimum atomic E-state index is -1.20. The lowest BCUT2D eigenvalue weighted by atomic mass is 10.2. The van der Waals surface area contributed by atoms with Crippen LogP contribution in [-0.2, 0) is 0 Å². The summed E-state index contributed by atoms with van der Waals surface area (Å²) in [5.74, 6) is -1.79. The first-order valence-corrected chi connectivity index (χ1v) is 4.75. The molecule has 0 bridgehead atoms. The van der Waals surface area contributed by atoms with Gasteiger partial charge < -0.3 is 15.2 Å². The van der Waals surface area contributed by atoms with E-state index in [4.69, 9.17) is 5.11 Å². The van der Waals surface area contributed by atoms with Gasteiger partial charge in [0.25, 0.3) is 0 Å². The smallest absolute Gasteiger partial charge is 0.478 e. The number of carboxylic acid groups (broad SMARTS) is 1. The average Bonchev–Trinajstić information content (AvgIpc) is 2.77. The van der Waals surface area contributed by atoms with Crippen LogP contribution in [0, 0.1) is 17.0 Å². The maximum Gasteiger partial charge on any atom is 0.491 e. The van der Waals surface area contributed by atoms with Crippen LogP contribution in [0.4, 0.5) is 5.95 Å². The number of rotatable bonds is 3. The highest BCUT2D eigenvalue weighted by Gasteiger charge is 2.19. The summed E-state index contributed by atoms with van der Waals surface area (Å²) in [6.45, 7) is 1.67. The summed E-state index contributed by atoms with van der Waals surface area (Å²) in [6, 6.07) is 1.46. The number of nitro groups is 1. The molecule has 0 aliphatic carbocycles. The van der Waals surface area contributed by atoms with E-state index in [-0.39, 0.29) is 11.3 Å². The summed E-state index contributed by atoms with van der Waals surface area (Å²) in [5, 5.41) is 23.0. The van der Waals surface area contributed by atoms with Gasteiger partial charge in [-0.15, -0.1) is 4.68 Å². The Bertz CT molecular complexity index is 636. The van der Waals surface area contributed by atoms with Gasteiger partial charge in [-0.3, -0.25) is 4.98 Å². The van der Waals surface area contributed by atoms with Gasteiger partial charge in [0.15, 0.2) is 0 Å². The molecule has 0 aromatic carbocycles. The Morgan fingerprint density at radius 2 is 2.22 bits per heavy atom. The second-order valence-electron chi connectivity index (χ2n) is 3.39.